The first-order valence-corrected chi connectivity index (χ1v) is 7.76. The summed E-state index contributed by atoms with van der Waals surface area (Å²) in [5.74, 6) is 0. The van der Waals surface area contributed by atoms with Crippen molar-refractivity contribution in [1.29, 1.82) is 0 Å². The molecular formula is C17H28N2O. The maximum atomic E-state index is 10.2. The molecule has 3 nitrogen and oxygen atoms in total. The number of para-hydroxylation sites is 1. The van der Waals surface area contributed by atoms with Gasteiger partial charge < -0.3 is 15.3 Å². The van der Waals surface area contributed by atoms with Crippen LogP contribution in [0.15, 0.2) is 24.3 Å². The quantitative estimate of drug-likeness (QED) is 0.887. The summed E-state index contributed by atoms with van der Waals surface area (Å²) in [6.45, 7) is 9.18. The lowest BCUT2D eigenvalue weighted by atomic mass is 9.98. The maximum absolute atomic E-state index is 10.2. The molecule has 112 valence electrons. The summed E-state index contributed by atoms with van der Waals surface area (Å²) < 4.78 is 0. The van der Waals surface area contributed by atoms with Crippen molar-refractivity contribution in [2.75, 3.05) is 18.0 Å². The Morgan fingerprint density at radius 3 is 2.75 bits per heavy atom. The van der Waals surface area contributed by atoms with E-state index in [1.54, 1.807) is 0 Å². The normalized spacial score (nSPS) is 23.9. The molecule has 0 amide bonds. The number of hydrogen-bond acceptors (Lipinski definition) is 3. The van der Waals surface area contributed by atoms with E-state index in [0.29, 0.717) is 6.04 Å². The van der Waals surface area contributed by atoms with Gasteiger partial charge in [-0.2, -0.15) is 0 Å². The fourth-order valence-electron chi connectivity index (χ4n) is 2.79. The molecule has 3 heteroatoms. The van der Waals surface area contributed by atoms with Crippen molar-refractivity contribution in [2.45, 2.75) is 58.2 Å². The van der Waals surface area contributed by atoms with Crippen molar-refractivity contribution in [3.05, 3.63) is 29.8 Å². The van der Waals surface area contributed by atoms with E-state index in [9.17, 15) is 5.11 Å². The summed E-state index contributed by atoms with van der Waals surface area (Å²) in [6, 6.07) is 9.12. The number of rotatable bonds is 4. The SMILES string of the molecule is CC(C)NCc1ccccc1N1CCCC(C)(O)CC1. The van der Waals surface area contributed by atoms with Crippen molar-refractivity contribution in [1.82, 2.24) is 5.32 Å². The molecular weight excluding hydrogens is 248 g/mol. The van der Waals surface area contributed by atoms with Crippen molar-refractivity contribution < 1.29 is 5.11 Å². The minimum Gasteiger partial charge on any atom is -0.390 e. The van der Waals surface area contributed by atoms with Crippen LogP contribution in [0.5, 0.6) is 0 Å². The van der Waals surface area contributed by atoms with Crippen LogP contribution in [-0.4, -0.2) is 29.8 Å². The molecule has 1 heterocycles. The van der Waals surface area contributed by atoms with Gasteiger partial charge in [-0.3, -0.25) is 0 Å². The maximum Gasteiger partial charge on any atom is 0.0637 e. The van der Waals surface area contributed by atoms with Gasteiger partial charge in [-0.15, -0.1) is 0 Å². The van der Waals surface area contributed by atoms with Crippen LogP contribution >= 0.6 is 0 Å². The molecule has 1 atom stereocenters. The Morgan fingerprint density at radius 1 is 1.25 bits per heavy atom. The summed E-state index contributed by atoms with van der Waals surface area (Å²) in [5, 5.41) is 13.7. The molecule has 0 aromatic heterocycles. The number of hydrogen-bond donors (Lipinski definition) is 2. The van der Waals surface area contributed by atoms with E-state index in [2.05, 4.69) is 48.3 Å². The number of nitrogens with zero attached hydrogens (tertiary/aromatic N) is 1. The van der Waals surface area contributed by atoms with Crippen LogP contribution in [0.2, 0.25) is 0 Å². The van der Waals surface area contributed by atoms with E-state index < -0.39 is 5.60 Å². The van der Waals surface area contributed by atoms with Gasteiger partial charge in [0.05, 0.1) is 5.60 Å². The van der Waals surface area contributed by atoms with Crippen LogP contribution in [-0.2, 0) is 6.54 Å². The zero-order chi connectivity index (χ0) is 14.6. The Morgan fingerprint density at radius 2 is 2.00 bits per heavy atom. The van der Waals surface area contributed by atoms with Crippen molar-refractivity contribution in [3.8, 4) is 0 Å². The van der Waals surface area contributed by atoms with Crippen LogP contribution in [0.1, 0.15) is 45.6 Å². The molecule has 0 saturated carbocycles. The fourth-order valence-corrected chi connectivity index (χ4v) is 2.79. The molecule has 1 aliphatic heterocycles. The lowest BCUT2D eigenvalue weighted by Crippen LogP contribution is -2.30. The highest BCUT2D eigenvalue weighted by atomic mass is 16.3. The predicted molar refractivity (Wildman–Crippen MR) is 85.1 cm³/mol. The Kier molecular flexibility index (Phi) is 5.06. The van der Waals surface area contributed by atoms with Gasteiger partial charge in [-0.25, -0.2) is 0 Å². The summed E-state index contributed by atoms with van der Waals surface area (Å²) in [6.07, 6.45) is 2.80. The van der Waals surface area contributed by atoms with Gasteiger partial charge >= 0.3 is 0 Å². The van der Waals surface area contributed by atoms with Crippen molar-refractivity contribution >= 4 is 5.69 Å². The average Bonchev–Trinajstić information content (AvgIpc) is 2.58. The summed E-state index contributed by atoms with van der Waals surface area (Å²) in [4.78, 5) is 2.43. The molecule has 0 spiro atoms. The lowest BCUT2D eigenvalue weighted by molar-refractivity contribution is 0.0481. The molecule has 1 aromatic rings. The van der Waals surface area contributed by atoms with Crippen LogP contribution < -0.4 is 10.2 Å². The third-order valence-corrected chi connectivity index (χ3v) is 4.10. The first-order valence-electron chi connectivity index (χ1n) is 7.76. The second-order valence-corrected chi connectivity index (χ2v) is 6.50. The second-order valence-electron chi connectivity index (χ2n) is 6.50. The second kappa shape index (κ2) is 6.59. The number of aliphatic hydroxyl groups is 1. The molecule has 0 aliphatic carbocycles. The molecule has 0 bridgehead atoms. The van der Waals surface area contributed by atoms with Gasteiger partial charge in [0, 0.05) is 31.4 Å². The Balaban J connectivity index is 2.11. The van der Waals surface area contributed by atoms with Crippen LogP contribution in [0.3, 0.4) is 0 Å². The Hall–Kier alpha value is -1.06. The molecule has 1 unspecified atom stereocenters. The van der Waals surface area contributed by atoms with Crippen LogP contribution in [0.4, 0.5) is 5.69 Å². The molecule has 1 aliphatic rings. The van der Waals surface area contributed by atoms with Crippen LogP contribution in [0.25, 0.3) is 0 Å². The van der Waals surface area contributed by atoms with E-state index >= 15 is 0 Å². The fraction of sp³-hybridized carbons (Fsp3) is 0.647. The Labute approximate surface area is 123 Å². The Bertz CT molecular complexity index is 429. The largest absolute Gasteiger partial charge is 0.390 e. The van der Waals surface area contributed by atoms with Gasteiger partial charge in [0.25, 0.3) is 0 Å². The van der Waals surface area contributed by atoms with Gasteiger partial charge in [0.2, 0.25) is 0 Å². The van der Waals surface area contributed by atoms with Gasteiger partial charge in [-0.1, -0.05) is 32.0 Å². The van der Waals surface area contributed by atoms with Gasteiger partial charge in [0.1, 0.15) is 0 Å². The predicted octanol–water partition coefficient (Wildman–Crippen LogP) is 2.93. The molecule has 0 radical (unpaired) electrons. The first-order chi connectivity index (χ1) is 9.48. The van der Waals surface area contributed by atoms with Crippen molar-refractivity contribution in [3.63, 3.8) is 0 Å². The van der Waals surface area contributed by atoms with E-state index in [1.807, 2.05) is 6.92 Å². The average molecular weight is 276 g/mol. The zero-order valence-electron chi connectivity index (χ0n) is 13.0. The highest BCUT2D eigenvalue weighted by Crippen LogP contribution is 2.27. The van der Waals surface area contributed by atoms with Crippen molar-refractivity contribution in [2.24, 2.45) is 0 Å². The topological polar surface area (TPSA) is 35.5 Å². The minimum atomic E-state index is -0.500. The number of anilines is 1. The monoisotopic (exact) mass is 276 g/mol. The molecule has 1 fully saturated rings. The molecule has 2 rings (SSSR count). The summed E-state index contributed by atoms with van der Waals surface area (Å²) >= 11 is 0. The van der Waals surface area contributed by atoms with E-state index in [0.717, 1.165) is 38.9 Å². The first kappa shape index (κ1) is 15.3. The van der Waals surface area contributed by atoms with Gasteiger partial charge in [-0.05, 0) is 37.8 Å². The molecule has 20 heavy (non-hydrogen) atoms. The third kappa shape index (κ3) is 4.22. The minimum absolute atomic E-state index is 0.493. The standard InChI is InChI=1S/C17H28N2O/c1-14(2)18-13-15-7-4-5-8-16(15)19-11-6-9-17(3,20)10-12-19/h4-5,7-8,14,18,20H,6,9-13H2,1-3H3. The smallest absolute Gasteiger partial charge is 0.0637 e. The van der Waals surface area contributed by atoms with E-state index in [1.165, 1.54) is 11.3 Å². The van der Waals surface area contributed by atoms with E-state index in [-0.39, 0.29) is 0 Å². The number of benzene rings is 1. The summed E-state index contributed by atoms with van der Waals surface area (Å²) in [7, 11) is 0. The van der Waals surface area contributed by atoms with Crippen LogP contribution in [0, 0.1) is 0 Å². The third-order valence-electron chi connectivity index (χ3n) is 4.10. The highest BCUT2D eigenvalue weighted by molar-refractivity contribution is 5.53. The van der Waals surface area contributed by atoms with E-state index in [4.69, 9.17) is 0 Å². The number of nitrogens with one attached hydrogen (secondary N) is 1. The molecule has 1 aromatic carbocycles. The lowest BCUT2D eigenvalue weighted by Gasteiger charge is -2.27. The highest BCUT2D eigenvalue weighted by Gasteiger charge is 2.25. The van der Waals surface area contributed by atoms with Gasteiger partial charge in [0.15, 0.2) is 0 Å². The summed E-state index contributed by atoms with van der Waals surface area (Å²) in [5.41, 5.74) is 2.17. The molecule has 2 N–H and O–H groups in total. The molecule has 1 saturated heterocycles. The zero-order valence-corrected chi connectivity index (χ0v) is 13.0.